The molecule has 1 atom stereocenters. The molecule has 2 aromatic carbocycles. The number of carboxylic acid groups (broad SMARTS) is 1. The number of rotatable bonds is 13. The Hall–Kier alpha value is -3.26. The van der Waals surface area contributed by atoms with Crippen molar-refractivity contribution in [2.75, 3.05) is 10.9 Å². The summed E-state index contributed by atoms with van der Waals surface area (Å²) in [5, 5.41) is 8.74. The number of anilines is 1. The van der Waals surface area contributed by atoms with Crippen molar-refractivity contribution in [2.45, 2.75) is 52.0 Å². The van der Waals surface area contributed by atoms with E-state index in [-0.39, 0.29) is 12.3 Å². The van der Waals surface area contributed by atoms with Gasteiger partial charge in [0, 0.05) is 17.5 Å². The molecular weight excluding hydrogens is 454 g/mol. The molecule has 0 aliphatic carbocycles. The highest BCUT2D eigenvalue weighted by atomic mass is 32.2. The molecule has 1 N–H and O–H groups in total. The number of carbonyl (C=O) groups is 1. The summed E-state index contributed by atoms with van der Waals surface area (Å²) < 4.78 is 46.2. The van der Waals surface area contributed by atoms with E-state index in [2.05, 4.69) is 0 Å². The number of nitrogens with zero attached hydrogens (tertiary/aromatic N) is 1. The van der Waals surface area contributed by atoms with Gasteiger partial charge in [0.2, 0.25) is 10.9 Å². The van der Waals surface area contributed by atoms with Gasteiger partial charge in [-0.2, -0.15) is 0 Å². The number of hydrogen-bond donors (Lipinski definition) is 2. The summed E-state index contributed by atoms with van der Waals surface area (Å²) in [5.41, 5.74) is 2.49. The van der Waals surface area contributed by atoms with Gasteiger partial charge in [-0.05, 0) is 67.1 Å². The van der Waals surface area contributed by atoms with Crippen molar-refractivity contribution in [3.8, 4) is 17.1 Å². The first-order valence-electron chi connectivity index (χ1n) is 11.8. The number of para-hydroxylation sites is 1. The molecule has 7 nitrogen and oxygen atoms in total. The second-order valence-electron chi connectivity index (χ2n) is 8.21. The Bertz CT molecular complexity index is 1180. The van der Waals surface area contributed by atoms with E-state index in [1.165, 1.54) is 0 Å². The first-order chi connectivity index (χ1) is 16.8. The van der Waals surface area contributed by atoms with Crippen LogP contribution >= 0.6 is 0 Å². The van der Waals surface area contributed by atoms with Crippen molar-refractivity contribution in [2.24, 2.45) is 0 Å². The predicted octanol–water partition coefficient (Wildman–Crippen LogP) is 5.63. The molecule has 0 saturated heterocycles. The molecule has 0 aliphatic rings. The van der Waals surface area contributed by atoms with Crippen molar-refractivity contribution in [1.29, 1.82) is 0 Å². The first-order valence-corrected chi connectivity index (χ1v) is 12.4. The highest BCUT2D eigenvalue weighted by Crippen LogP contribution is 2.34. The van der Waals surface area contributed by atoms with Gasteiger partial charge in [0.25, 0.3) is 0 Å². The Morgan fingerprint density at radius 2 is 1.91 bits per heavy atom. The Morgan fingerprint density at radius 3 is 2.59 bits per heavy atom. The van der Waals surface area contributed by atoms with Gasteiger partial charge in [-0.3, -0.25) is 9.10 Å². The van der Waals surface area contributed by atoms with E-state index in [9.17, 15) is 13.2 Å². The smallest absolute Gasteiger partial charge is 0.303 e. The summed E-state index contributed by atoms with van der Waals surface area (Å²) in [6.45, 7) is 3.05. The third kappa shape index (κ3) is 6.87. The van der Waals surface area contributed by atoms with Crippen LogP contribution in [0.3, 0.4) is 0 Å². The molecule has 0 fully saturated rings. The van der Waals surface area contributed by atoms with Gasteiger partial charge in [-0.1, -0.05) is 32.0 Å². The zero-order valence-electron chi connectivity index (χ0n) is 20.3. The normalized spacial score (nSPS) is 12.5. The average Bonchev–Trinajstić information content (AvgIpc) is 3.36. The van der Waals surface area contributed by atoms with Crippen LogP contribution in [0.5, 0.6) is 5.75 Å². The lowest BCUT2D eigenvalue weighted by molar-refractivity contribution is -0.137. The summed E-state index contributed by atoms with van der Waals surface area (Å²) in [4.78, 5) is 10.6. The zero-order chi connectivity index (χ0) is 25.4. The minimum absolute atomic E-state index is 0.00172. The van der Waals surface area contributed by atoms with E-state index >= 15 is 0 Å². The maximum Gasteiger partial charge on any atom is 0.303 e. The molecule has 0 radical (unpaired) electrons. The van der Waals surface area contributed by atoms with Crippen molar-refractivity contribution < 1.29 is 28.8 Å². The SMILES string of the molecule is [2H]C(c1ccccc1OCCCCCC(=O)O)N(c1ccc(-c2ccco2)cc1C(C)C)[SH](=O)=O. The van der Waals surface area contributed by atoms with Crippen LogP contribution < -0.4 is 9.04 Å². The monoisotopic (exact) mass is 486 g/mol. The lowest BCUT2D eigenvalue weighted by atomic mass is 9.97. The van der Waals surface area contributed by atoms with Gasteiger partial charge in [-0.15, -0.1) is 0 Å². The second-order valence-corrected chi connectivity index (χ2v) is 9.11. The standard InChI is InChI=1S/C26H31NO6S/c1-19(2)22-17-20(24-11-8-16-33-24)13-14-23(22)27(34(30)31)18-21-9-5-6-10-25(21)32-15-7-3-4-12-26(28)29/h5-6,8-11,13-14,16-17,19,34H,3-4,7,12,15,18H2,1-2H3,(H,28,29)/i18D. The van der Waals surface area contributed by atoms with Gasteiger partial charge in [0.1, 0.15) is 11.5 Å². The first kappa shape index (κ1) is 23.9. The van der Waals surface area contributed by atoms with E-state index < -0.39 is 23.4 Å². The molecule has 0 spiro atoms. The third-order valence-corrected chi connectivity index (χ3v) is 6.03. The maximum atomic E-state index is 12.4. The lowest BCUT2D eigenvalue weighted by Crippen LogP contribution is -2.22. The summed E-state index contributed by atoms with van der Waals surface area (Å²) >= 11 is 0. The molecule has 3 aromatic rings. The highest BCUT2D eigenvalue weighted by molar-refractivity contribution is 7.74. The Balaban J connectivity index is 1.86. The van der Waals surface area contributed by atoms with Gasteiger partial charge in [-0.25, -0.2) is 8.42 Å². The van der Waals surface area contributed by atoms with E-state index in [1.54, 1.807) is 48.7 Å². The molecule has 1 aromatic heterocycles. The molecule has 0 saturated carbocycles. The van der Waals surface area contributed by atoms with Crippen molar-refractivity contribution in [3.63, 3.8) is 0 Å². The van der Waals surface area contributed by atoms with Crippen LogP contribution in [0.2, 0.25) is 0 Å². The lowest BCUT2D eigenvalue weighted by Gasteiger charge is -2.24. The van der Waals surface area contributed by atoms with Crippen LogP contribution in [0.25, 0.3) is 11.3 Å². The zero-order valence-corrected chi connectivity index (χ0v) is 20.2. The number of ether oxygens (including phenoxy) is 1. The number of carboxylic acids is 1. The average molecular weight is 487 g/mol. The minimum atomic E-state index is -3.13. The Labute approximate surface area is 203 Å². The highest BCUT2D eigenvalue weighted by Gasteiger charge is 2.19. The summed E-state index contributed by atoms with van der Waals surface area (Å²) in [6, 6.07) is 16.0. The molecule has 34 heavy (non-hydrogen) atoms. The molecule has 8 heteroatoms. The molecule has 182 valence electrons. The van der Waals surface area contributed by atoms with Crippen LogP contribution in [0.1, 0.15) is 57.9 Å². The van der Waals surface area contributed by atoms with Crippen LogP contribution in [0.4, 0.5) is 5.69 Å². The van der Waals surface area contributed by atoms with Crippen LogP contribution in [0.15, 0.2) is 65.3 Å². The number of benzene rings is 2. The number of unbranched alkanes of at least 4 members (excludes halogenated alkanes) is 2. The predicted molar refractivity (Wildman–Crippen MR) is 133 cm³/mol. The number of furan rings is 1. The van der Waals surface area contributed by atoms with E-state index in [1.807, 2.05) is 26.0 Å². The van der Waals surface area contributed by atoms with Crippen molar-refractivity contribution in [3.05, 3.63) is 72.0 Å². The molecular formula is C26H31NO6S. The topological polar surface area (TPSA) is 97.1 Å². The fourth-order valence-electron chi connectivity index (χ4n) is 3.61. The molecule has 0 bridgehead atoms. The minimum Gasteiger partial charge on any atom is -0.493 e. The molecule has 1 heterocycles. The molecule has 1 unspecified atom stereocenters. The quantitative estimate of drug-likeness (QED) is 0.240. The second kappa shape index (κ2) is 12.3. The van der Waals surface area contributed by atoms with Gasteiger partial charge < -0.3 is 14.3 Å². The van der Waals surface area contributed by atoms with Crippen molar-refractivity contribution in [1.82, 2.24) is 0 Å². The fourth-order valence-corrected chi connectivity index (χ4v) is 4.19. The summed E-state index contributed by atoms with van der Waals surface area (Å²) in [5.74, 6) is 0.298. The third-order valence-electron chi connectivity index (χ3n) is 5.35. The van der Waals surface area contributed by atoms with E-state index in [4.69, 9.17) is 15.6 Å². The van der Waals surface area contributed by atoms with Gasteiger partial charge in [0.05, 0.1) is 26.4 Å². The van der Waals surface area contributed by atoms with Crippen LogP contribution in [-0.2, 0) is 22.2 Å². The fraction of sp³-hybridized carbons (Fsp3) is 0.346. The Morgan fingerprint density at radius 1 is 1.12 bits per heavy atom. The summed E-state index contributed by atoms with van der Waals surface area (Å²) in [6.07, 6.45) is 3.64. The molecule has 0 aliphatic heterocycles. The van der Waals surface area contributed by atoms with Gasteiger partial charge in [0.15, 0.2) is 0 Å². The number of hydrogen-bond acceptors (Lipinski definition) is 5. The number of thiol groups is 1. The van der Waals surface area contributed by atoms with Gasteiger partial charge >= 0.3 is 5.97 Å². The Kier molecular flexibility index (Phi) is 8.62. The maximum absolute atomic E-state index is 12.4. The summed E-state index contributed by atoms with van der Waals surface area (Å²) in [7, 11) is -3.13. The van der Waals surface area contributed by atoms with Crippen LogP contribution in [-0.4, -0.2) is 26.1 Å². The number of aliphatic carboxylic acids is 1. The molecule has 0 amide bonds. The van der Waals surface area contributed by atoms with Crippen molar-refractivity contribution >= 4 is 22.5 Å². The van der Waals surface area contributed by atoms with E-state index in [0.29, 0.717) is 48.6 Å². The largest absolute Gasteiger partial charge is 0.493 e. The molecule has 3 rings (SSSR count). The van der Waals surface area contributed by atoms with Crippen LogP contribution in [0, 0.1) is 0 Å². The van der Waals surface area contributed by atoms with E-state index in [0.717, 1.165) is 15.4 Å².